The predicted octanol–water partition coefficient (Wildman–Crippen LogP) is 1.95. The molecule has 8 heteroatoms. The number of benzene rings is 1. The van der Waals surface area contributed by atoms with Gasteiger partial charge in [0.25, 0.3) is 0 Å². The largest absolute Gasteiger partial charge is 0.493 e. The highest BCUT2D eigenvalue weighted by Gasteiger charge is 2.42. The monoisotopic (exact) mass is 475 g/mol. The zero-order chi connectivity index (χ0) is 17.1. The molecule has 2 saturated heterocycles. The number of nitrogens with zero attached hydrogens (tertiary/aromatic N) is 1. The van der Waals surface area contributed by atoms with Gasteiger partial charge in [0.05, 0.1) is 39.0 Å². The number of ether oxygens (including phenoxy) is 4. The van der Waals surface area contributed by atoms with Crippen molar-refractivity contribution < 1.29 is 18.9 Å². The fourth-order valence-electron chi connectivity index (χ4n) is 3.57. The molecule has 26 heavy (non-hydrogen) atoms. The predicted molar refractivity (Wildman–Crippen MR) is 108 cm³/mol. The van der Waals surface area contributed by atoms with Gasteiger partial charge in [0.2, 0.25) is 0 Å². The van der Waals surface area contributed by atoms with Crippen LogP contribution in [-0.2, 0) is 14.2 Å². The van der Waals surface area contributed by atoms with Gasteiger partial charge in [-0.3, -0.25) is 4.99 Å². The zero-order valence-corrected chi connectivity index (χ0v) is 17.0. The molecule has 0 saturated carbocycles. The third-order valence-electron chi connectivity index (χ3n) is 4.91. The summed E-state index contributed by atoms with van der Waals surface area (Å²) >= 11 is 0. The van der Waals surface area contributed by atoms with Crippen molar-refractivity contribution >= 4 is 29.9 Å². The molecule has 1 aromatic carbocycles. The van der Waals surface area contributed by atoms with E-state index < -0.39 is 5.79 Å². The molecule has 0 aromatic heterocycles. The van der Waals surface area contributed by atoms with E-state index in [2.05, 4.69) is 16.4 Å². The number of aliphatic imine (C=N–C) groups is 1. The normalized spacial score (nSPS) is 27.3. The van der Waals surface area contributed by atoms with E-state index in [4.69, 9.17) is 24.7 Å². The highest BCUT2D eigenvalue weighted by molar-refractivity contribution is 14.0. The van der Waals surface area contributed by atoms with Crippen molar-refractivity contribution in [1.82, 2.24) is 5.32 Å². The minimum absolute atomic E-state index is 0. The molecule has 2 fully saturated rings. The van der Waals surface area contributed by atoms with Crippen LogP contribution in [0.15, 0.2) is 29.3 Å². The van der Waals surface area contributed by atoms with Gasteiger partial charge in [-0.1, -0.05) is 18.2 Å². The lowest BCUT2D eigenvalue weighted by Crippen LogP contribution is -2.39. The van der Waals surface area contributed by atoms with Crippen molar-refractivity contribution in [3.63, 3.8) is 0 Å². The van der Waals surface area contributed by atoms with Gasteiger partial charge < -0.3 is 30.0 Å². The number of fused-ring (bicyclic) bond motifs is 1. The maximum atomic E-state index is 6.09. The number of para-hydroxylation sites is 1. The van der Waals surface area contributed by atoms with Crippen LogP contribution in [0.25, 0.3) is 0 Å². The maximum Gasteiger partial charge on any atom is 0.189 e. The van der Waals surface area contributed by atoms with E-state index in [-0.39, 0.29) is 36.1 Å². The number of guanidine groups is 1. The van der Waals surface area contributed by atoms with Crippen molar-refractivity contribution in [2.24, 2.45) is 10.7 Å². The first-order valence-electron chi connectivity index (χ1n) is 8.92. The number of nitrogens with two attached hydrogens (primary N) is 1. The van der Waals surface area contributed by atoms with Gasteiger partial charge in [-0.2, -0.15) is 0 Å². The Labute approximate surface area is 170 Å². The lowest BCUT2D eigenvalue weighted by atomic mass is 10.0. The molecule has 1 spiro atoms. The molecule has 3 N–H and O–H groups in total. The number of rotatable bonds is 3. The van der Waals surface area contributed by atoms with Crippen LogP contribution in [0.2, 0.25) is 0 Å². The van der Waals surface area contributed by atoms with E-state index >= 15 is 0 Å². The Hall–Kier alpha value is -1.10. The SMILES string of the molecule is I.NC(=NCC1COC2(CCOCC2)O1)NC1CCOc2ccccc21. The Morgan fingerprint density at radius 1 is 1.23 bits per heavy atom. The molecular formula is C18H26IN3O4. The van der Waals surface area contributed by atoms with E-state index in [0.29, 0.717) is 38.9 Å². The fraction of sp³-hybridized carbons (Fsp3) is 0.611. The number of hydrogen-bond donors (Lipinski definition) is 2. The molecule has 2 atom stereocenters. The molecule has 0 amide bonds. The highest BCUT2D eigenvalue weighted by atomic mass is 127. The van der Waals surface area contributed by atoms with Crippen LogP contribution in [0.1, 0.15) is 30.9 Å². The first-order valence-corrected chi connectivity index (χ1v) is 8.92. The topological polar surface area (TPSA) is 87.3 Å². The van der Waals surface area contributed by atoms with Crippen LogP contribution in [0.4, 0.5) is 0 Å². The van der Waals surface area contributed by atoms with E-state index in [1.807, 2.05) is 18.2 Å². The van der Waals surface area contributed by atoms with Gasteiger partial charge in [0.1, 0.15) is 11.9 Å². The van der Waals surface area contributed by atoms with Crippen molar-refractivity contribution in [2.45, 2.75) is 37.2 Å². The average molecular weight is 475 g/mol. The number of halogens is 1. The summed E-state index contributed by atoms with van der Waals surface area (Å²) in [5, 5.41) is 3.30. The quantitative estimate of drug-likeness (QED) is 0.395. The summed E-state index contributed by atoms with van der Waals surface area (Å²) in [6.07, 6.45) is 2.36. The van der Waals surface area contributed by atoms with Gasteiger partial charge in [-0.15, -0.1) is 24.0 Å². The van der Waals surface area contributed by atoms with E-state index in [0.717, 1.165) is 30.6 Å². The molecular weight excluding hydrogens is 449 g/mol. The van der Waals surface area contributed by atoms with E-state index in [1.54, 1.807) is 0 Å². The van der Waals surface area contributed by atoms with E-state index in [1.165, 1.54) is 0 Å². The van der Waals surface area contributed by atoms with Crippen molar-refractivity contribution in [2.75, 3.05) is 33.0 Å². The second-order valence-electron chi connectivity index (χ2n) is 6.67. The molecule has 3 heterocycles. The second kappa shape index (κ2) is 8.73. The minimum atomic E-state index is -0.472. The summed E-state index contributed by atoms with van der Waals surface area (Å²) in [7, 11) is 0. The van der Waals surface area contributed by atoms with Gasteiger partial charge in [0, 0.05) is 24.8 Å². The number of hydrogen-bond acceptors (Lipinski definition) is 5. The Balaban J connectivity index is 0.00000196. The fourth-order valence-corrected chi connectivity index (χ4v) is 3.57. The number of nitrogens with one attached hydrogen (secondary N) is 1. The smallest absolute Gasteiger partial charge is 0.189 e. The molecule has 0 aliphatic carbocycles. The van der Waals surface area contributed by atoms with Crippen molar-refractivity contribution in [3.8, 4) is 5.75 Å². The zero-order valence-electron chi connectivity index (χ0n) is 14.7. The van der Waals surface area contributed by atoms with Crippen LogP contribution < -0.4 is 15.8 Å². The standard InChI is InChI=1S/C18H25N3O4.HI/c19-17(21-15-5-8-23-16-4-2-1-3-14(15)16)20-11-13-12-24-18(25-13)6-9-22-10-7-18;/h1-4,13,15H,5-12H2,(H3,19,20,21);1H. The Morgan fingerprint density at radius 2 is 2.04 bits per heavy atom. The Kier molecular flexibility index (Phi) is 6.60. The van der Waals surface area contributed by atoms with Gasteiger partial charge >= 0.3 is 0 Å². The van der Waals surface area contributed by atoms with E-state index in [9.17, 15) is 0 Å². The summed E-state index contributed by atoms with van der Waals surface area (Å²) in [5.41, 5.74) is 7.21. The van der Waals surface area contributed by atoms with Crippen LogP contribution in [0.5, 0.6) is 5.75 Å². The van der Waals surface area contributed by atoms with Crippen molar-refractivity contribution in [3.05, 3.63) is 29.8 Å². The lowest BCUT2D eigenvalue weighted by molar-refractivity contribution is -0.210. The third kappa shape index (κ3) is 4.41. The molecule has 1 aromatic rings. The first kappa shape index (κ1) is 19.7. The highest BCUT2D eigenvalue weighted by Crippen LogP contribution is 2.33. The summed E-state index contributed by atoms with van der Waals surface area (Å²) in [4.78, 5) is 4.46. The average Bonchev–Trinajstić information content (AvgIpc) is 3.03. The molecule has 2 unspecified atom stereocenters. The Bertz CT molecular complexity index is 637. The van der Waals surface area contributed by atoms with Crippen LogP contribution in [0, 0.1) is 0 Å². The second-order valence-corrected chi connectivity index (χ2v) is 6.67. The molecule has 0 radical (unpaired) electrons. The Morgan fingerprint density at radius 3 is 2.88 bits per heavy atom. The third-order valence-corrected chi connectivity index (χ3v) is 4.91. The first-order chi connectivity index (χ1) is 12.2. The van der Waals surface area contributed by atoms with Gasteiger partial charge in [-0.05, 0) is 6.07 Å². The summed E-state index contributed by atoms with van der Waals surface area (Å²) < 4.78 is 23.0. The summed E-state index contributed by atoms with van der Waals surface area (Å²) in [6.45, 7) is 3.08. The molecule has 3 aliphatic rings. The molecule has 3 aliphatic heterocycles. The summed E-state index contributed by atoms with van der Waals surface area (Å²) in [5.74, 6) is 0.867. The van der Waals surface area contributed by atoms with Gasteiger partial charge in [-0.25, -0.2) is 0 Å². The molecule has 7 nitrogen and oxygen atoms in total. The molecule has 144 valence electrons. The lowest BCUT2D eigenvalue weighted by Gasteiger charge is -2.31. The molecule has 4 rings (SSSR count). The van der Waals surface area contributed by atoms with Crippen molar-refractivity contribution in [1.29, 1.82) is 0 Å². The minimum Gasteiger partial charge on any atom is -0.493 e. The van der Waals surface area contributed by atoms with Crippen LogP contribution >= 0.6 is 24.0 Å². The van der Waals surface area contributed by atoms with Crippen LogP contribution in [0.3, 0.4) is 0 Å². The summed E-state index contributed by atoms with van der Waals surface area (Å²) in [6, 6.07) is 8.14. The molecule has 0 bridgehead atoms. The van der Waals surface area contributed by atoms with Gasteiger partial charge in [0.15, 0.2) is 11.7 Å². The maximum absolute atomic E-state index is 6.09. The van der Waals surface area contributed by atoms with Crippen LogP contribution in [-0.4, -0.2) is 50.8 Å².